The number of carbonyl (C=O) groups is 2. The Balaban J connectivity index is 1.95. The molecule has 7 nitrogen and oxygen atoms in total. The van der Waals surface area contributed by atoms with Gasteiger partial charge in [0.15, 0.2) is 0 Å². The number of aliphatic hydroxyl groups is 1. The van der Waals surface area contributed by atoms with Gasteiger partial charge in [0.1, 0.15) is 11.5 Å². The van der Waals surface area contributed by atoms with E-state index < -0.39 is 18.0 Å². The van der Waals surface area contributed by atoms with Crippen molar-refractivity contribution in [1.29, 1.82) is 0 Å². The molecule has 28 heavy (non-hydrogen) atoms. The number of carboxylic acids is 1. The number of phenolic OH excluding ortho intramolecular Hbond substituents is 1. The van der Waals surface area contributed by atoms with Gasteiger partial charge in [-0.3, -0.25) is 0 Å². The number of aromatic hydroxyl groups is 1. The molecule has 7 heteroatoms. The van der Waals surface area contributed by atoms with Crippen LogP contribution in [0.1, 0.15) is 24.2 Å². The van der Waals surface area contributed by atoms with Crippen LogP contribution < -0.4 is 10.1 Å². The highest BCUT2D eigenvalue weighted by Crippen LogP contribution is 2.26. The van der Waals surface area contributed by atoms with Gasteiger partial charge in [-0.05, 0) is 36.6 Å². The Morgan fingerprint density at radius 3 is 2.54 bits per heavy atom. The third-order valence-corrected chi connectivity index (χ3v) is 3.92. The first-order chi connectivity index (χ1) is 13.3. The van der Waals surface area contributed by atoms with E-state index in [0.29, 0.717) is 11.6 Å². The number of benzene rings is 2. The van der Waals surface area contributed by atoms with E-state index in [9.17, 15) is 19.8 Å². The molecule has 0 bridgehead atoms. The highest BCUT2D eigenvalue weighted by atomic mass is 16.5. The molecular formula is C21H23NO6. The zero-order valence-electron chi connectivity index (χ0n) is 15.4. The third-order valence-electron chi connectivity index (χ3n) is 3.92. The van der Waals surface area contributed by atoms with Crippen LogP contribution in [-0.2, 0) is 16.0 Å². The fourth-order valence-corrected chi connectivity index (χ4v) is 2.62. The van der Waals surface area contributed by atoms with E-state index in [-0.39, 0.29) is 24.1 Å². The molecule has 0 aliphatic rings. The minimum Gasteiger partial charge on any atom is -0.508 e. The largest absolute Gasteiger partial charge is 0.508 e. The van der Waals surface area contributed by atoms with Crippen LogP contribution in [0.15, 0.2) is 60.7 Å². The fourth-order valence-electron chi connectivity index (χ4n) is 2.62. The Morgan fingerprint density at radius 2 is 1.86 bits per heavy atom. The van der Waals surface area contributed by atoms with Crippen LogP contribution in [0, 0.1) is 0 Å². The van der Waals surface area contributed by atoms with Crippen molar-refractivity contribution in [2.75, 3.05) is 6.54 Å². The highest BCUT2D eigenvalue weighted by molar-refractivity contribution is 5.91. The zero-order chi connectivity index (χ0) is 20.5. The van der Waals surface area contributed by atoms with Crippen molar-refractivity contribution in [3.05, 3.63) is 71.8 Å². The molecule has 148 valence electrons. The monoisotopic (exact) mass is 385 g/mol. The molecule has 0 saturated heterocycles. The minimum absolute atomic E-state index is 0.00595. The number of carbonyl (C=O) groups excluding carboxylic acids is 1. The molecule has 2 aromatic rings. The van der Waals surface area contributed by atoms with Gasteiger partial charge in [-0.2, -0.15) is 0 Å². The fraction of sp³-hybridized carbons (Fsp3) is 0.238. The third kappa shape index (κ3) is 7.22. The maximum absolute atomic E-state index is 11.6. The van der Waals surface area contributed by atoms with Crippen LogP contribution in [0.5, 0.6) is 11.5 Å². The second-order valence-electron chi connectivity index (χ2n) is 6.37. The predicted octanol–water partition coefficient (Wildman–Crippen LogP) is 2.19. The molecular weight excluding hydrogens is 362 g/mol. The first-order valence-electron chi connectivity index (χ1n) is 8.75. The normalized spacial score (nSPS) is 13.2. The Morgan fingerprint density at radius 1 is 1.14 bits per heavy atom. The Hall–Kier alpha value is -3.16. The van der Waals surface area contributed by atoms with Crippen molar-refractivity contribution in [2.24, 2.45) is 0 Å². The lowest BCUT2D eigenvalue weighted by Gasteiger charge is -2.18. The van der Waals surface area contributed by atoms with E-state index in [1.807, 2.05) is 37.3 Å². The van der Waals surface area contributed by atoms with Crippen LogP contribution >= 0.6 is 0 Å². The molecule has 2 aromatic carbocycles. The molecule has 0 aliphatic carbocycles. The molecule has 0 fully saturated rings. The summed E-state index contributed by atoms with van der Waals surface area (Å²) in [6.07, 6.45) is 1.28. The molecule has 2 unspecified atom stereocenters. The lowest BCUT2D eigenvalue weighted by Crippen LogP contribution is -2.32. The van der Waals surface area contributed by atoms with E-state index in [0.717, 1.165) is 12.5 Å². The second-order valence-corrected chi connectivity index (χ2v) is 6.37. The average molecular weight is 385 g/mol. The van der Waals surface area contributed by atoms with Crippen LogP contribution in [0.2, 0.25) is 0 Å². The molecule has 0 heterocycles. The van der Waals surface area contributed by atoms with Gasteiger partial charge in [-0.15, -0.1) is 0 Å². The lowest BCUT2D eigenvalue weighted by atomic mass is 10.1. The minimum atomic E-state index is -1.28. The molecule has 0 aromatic heterocycles. The molecule has 0 saturated carbocycles. The van der Waals surface area contributed by atoms with E-state index in [1.54, 1.807) is 0 Å². The van der Waals surface area contributed by atoms with Crippen LogP contribution in [0.3, 0.4) is 0 Å². The molecule has 0 aliphatic heterocycles. The van der Waals surface area contributed by atoms with E-state index in [4.69, 9.17) is 9.84 Å². The number of nitrogens with one attached hydrogen (secondary N) is 1. The summed E-state index contributed by atoms with van der Waals surface area (Å²) >= 11 is 0. The summed E-state index contributed by atoms with van der Waals surface area (Å²) in [4.78, 5) is 22.0. The van der Waals surface area contributed by atoms with Gasteiger partial charge in [0, 0.05) is 30.8 Å². The molecule has 2 rings (SSSR count). The van der Waals surface area contributed by atoms with Gasteiger partial charge < -0.3 is 25.4 Å². The summed E-state index contributed by atoms with van der Waals surface area (Å²) in [6.45, 7) is 2.24. The Kier molecular flexibility index (Phi) is 7.74. The average Bonchev–Trinajstić information content (AvgIpc) is 2.64. The lowest BCUT2D eigenvalue weighted by molar-refractivity contribution is -0.133. The number of aliphatic carboxylic acids is 1. The van der Waals surface area contributed by atoms with Crippen molar-refractivity contribution in [3.8, 4) is 11.5 Å². The summed E-state index contributed by atoms with van der Waals surface area (Å²) in [5.41, 5.74) is 1.54. The first kappa shape index (κ1) is 21.1. The standard InChI is InChI=1S/C21H23NO6/c1-14(9-15-5-3-2-4-6-15)22-13-19(24)16-10-17(23)12-18(11-16)28-21(27)8-7-20(25)26/h2-8,10-12,14,19,22-24H,9,13H2,1H3,(H,25,26). The maximum Gasteiger partial charge on any atom is 0.336 e. The number of phenols is 1. The van der Waals surface area contributed by atoms with Crippen LogP contribution in [-0.4, -0.2) is 39.8 Å². The SMILES string of the molecule is CC(Cc1ccccc1)NCC(O)c1cc(O)cc(OC(=O)C=CC(=O)O)c1. The highest BCUT2D eigenvalue weighted by Gasteiger charge is 2.13. The number of ether oxygens (including phenoxy) is 1. The van der Waals surface area contributed by atoms with Crippen molar-refractivity contribution in [1.82, 2.24) is 5.32 Å². The topological polar surface area (TPSA) is 116 Å². The summed E-state index contributed by atoms with van der Waals surface area (Å²) < 4.78 is 4.96. The maximum atomic E-state index is 11.6. The number of hydrogen-bond donors (Lipinski definition) is 4. The van der Waals surface area contributed by atoms with Gasteiger partial charge in [0.05, 0.1) is 6.10 Å². The van der Waals surface area contributed by atoms with Gasteiger partial charge >= 0.3 is 11.9 Å². The van der Waals surface area contributed by atoms with E-state index in [1.165, 1.54) is 23.8 Å². The van der Waals surface area contributed by atoms with Gasteiger partial charge in [0.25, 0.3) is 0 Å². The quantitative estimate of drug-likeness (QED) is 0.297. The van der Waals surface area contributed by atoms with Gasteiger partial charge in [-0.25, -0.2) is 9.59 Å². The number of carboxylic acid groups (broad SMARTS) is 1. The van der Waals surface area contributed by atoms with Gasteiger partial charge in [0.2, 0.25) is 0 Å². The molecule has 0 radical (unpaired) electrons. The van der Waals surface area contributed by atoms with E-state index in [2.05, 4.69) is 5.32 Å². The number of hydrogen-bond acceptors (Lipinski definition) is 6. The summed E-state index contributed by atoms with van der Waals surface area (Å²) in [6, 6.07) is 14.1. The summed E-state index contributed by atoms with van der Waals surface area (Å²) in [7, 11) is 0. The van der Waals surface area contributed by atoms with Gasteiger partial charge in [-0.1, -0.05) is 30.3 Å². The van der Waals surface area contributed by atoms with Crippen molar-refractivity contribution in [2.45, 2.75) is 25.5 Å². The van der Waals surface area contributed by atoms with Crippen molar-refractivity contribution in [3.63, 3.8) is 0 Å². The summed E-state index contributed by atoms with van der Waals surface area (Å²) in [5.74, 6) is -2.35. The first-order valence-corrected chi connectivity index (χ1v) is 8.75. The Labute approximate surface area is 162 Å². The summed E-state index contributed by atoms with van der Waals surface area (Å²) in [5, 5.41) is 31.9. The number of esters is 1. The molecule has 0 spiro atoms. The zero-order valence-corrected chi connectivity index (χ0v) is 15.4. The number of aliphatic hydroxyl groups excluding tert-OH is 1. The van der Waals surface area contributed by atoms with Crippen molar-refractivity contribution >= 4 is 11.9 Å². The Bertz CT molecular complexity index is 834. The van der Waals surface area contributed by atoms with E-state index >= 15 is 0 Å². The van der Waals surface area contributed by atoms with Crippen LogP contribution in [0.4, 0.5) is 0 Å². The smallest absolute Gasteiger partial charge is 0.336 e. The van der Waals surface area contributed by atoms with Crippen molar-refractivity contribution < 1.29 is 29.6 Å². The predicted molar refractivity (Wildman–Crippen MR) is 103 cm³/mol. The van der Waals surface area contributed by atoms with Crippen LogP contribution in [0.25, 0.3) is 0 Å². The molecule has 4 N–H and O–H groups in total. The molecule has 0 amide bonds. The number of rotatable bonds is 9. The molecule has 2 atom stereocenters. The second kappa shape index (κ2) is 10.2.